The summed E-state index contributed by atoms with van der Waals surface area (Å²) in [4.78, 5) is 12.8. The summed E-state index contributed by atoms with van der Waals surface area (Å²) < 4.78 is 38.2. The molecule has 0 saturated carbocycles. The lowest BCUT2D eigenvalue weighted by atomic mass is 9.96. The second-order valence-corrected chi connectivity index (χ2v) is 10.6. The number of halogens is 1. The first-order valence-electron chi connectivity index (χ1n) is 10.7. The summed E-state index contributed by atoms with van der Waals surface area (Å²) in [6.45, 7) is 3.65. The molecule has 1 unspecified atom stereocenters. The average molecular weight is 479 g/mol. The van der Waals surface area contributed by atoms with E-state index in [1.54, 1.807) is 24.3 Å². The molecule has 0 aromatic heterocycles. The van der Waals surface area contributed by atoms with Gasteiger partial charge < -0.3 is 14.8 Å². The van der Waals surface area contributed by atoms with Crippen molar-refractivity contribution < 1.29 is 22.7 Å². The van der Waals surface area contributed by atoms with E-state index >= 15 is 0 Å². The SMILES string of the molecule is CC(NC(=O)C1CCN(S(=O)(=O)Cc2ccc(Cl)cc2)CC1)c1ccc2c(c1)OCCO2. The maximum atomic E-state index is 12.8. The van der Waals surface area contributed by atoms with Crippen molar-refractivity contribution in [3.8, 4) is 11.5 Å². The summed E-state index contributed by atoms with van der Waals surface area (Å²) in [6, 6.07) is 12.3. The normalized spacial score (nSPS) is 18.2. The Labute approximate surface area is 193 Å². The topological polar surface area (TPSA) is 84.9 Å². The molecule has 0 aliphatic carbocycles. The Bertz CT molecular complexity index is 1070. The maximum absolute atomic E-state index is 12.8. The van der Waals surface area contributed by atoms with Crippen LogP contribution < -0.4 is 14.8 Å². The van der Waals surface area contributed by atoms with Gasteiger partial charge in [0.05, 0.1) is 11.8 Å². The van der Waals surface area contributed by atoms with Crippen molar-refractivity contribution in [1.82, 2.24) is 9.62 Å². The predicted octanol–water partition coefficient (Wildman–Crippen LogP) is 3.53. The molecule has 0 radical (unpaired) electrons. The number of carbonyl (C=O) groups excluding carboxylic acids is 1. The zero-order valence-corrected chi connectivity index (χ0v) is 19.5. The number of piperidine rings is 1. The number of nitrogens with zero attached hydrogens (tertiary/aromatic N) is 1. The molecule has 4 rings (SSSR count). The molecule has 1 fully saturated rings. The van der Waals surface area contributed by atoms with Gasteiger partial charge in [-0.2, -0.15) is 0 Å². The lowest BCUT2D eigenvalue weighted by Crippen LogP contribution is -2.43. The van der Waals surface area contributed by atoms with E-state index in [2.05, 4.69) is 5.32 Å². The van der Waals surface area contributed by atoms with Gasteiger partial charge in [-0.1, -0.05) is 29.8 Å². The van der Waals surface area contributed by atoms with E-state index in [9.17, 15) is 13.2 Å². The summed E-state index contributed by atoms with van der Waals surface area (Å²) in [5.74, 6) is 1.07. The van der Waals surface area contributed by atoms with Crippen LogP contribution in [-0.4, -0.2) is 44.9 Å². The number of amides is 1. The molecule has 2 aromatic rings. The highest BCUT2D eigenvalue weighted by molar-refractivity contribution is 7.88. The van der Waals surface area contributed by atoms with E-state index in [1.807, 2.05) is 25.1 Å². The van der Waals surface area contributed by atoms with Crippen LogP contribution in [0.4, 0.5) is 0 Å². The van der Waals surface area contributed by atoms with Crippen LogP contribution in [0.1, 0.15) is 36.9 Å². The Morgan fingerprint density at radius 1 is 1.09 bits per heavy atom. The fraction of sp³-hybridized carbons (Fsp3) is 0.435. The molecule has 1 N–H and O–H groups in total. The van der Waals surface area contributed by atoms with Crippen LogP contribution in [-0.2, 0) is 20.6 Å². The van der Waals surface area contributed by atoms with Crippen molar-refractivity contribution in [2.75, 3.05) is 26.3 Å². The second kappa shape index (κ2) is 9.68. The van der Waals surface area contributed by atoms with Crippen molar-refractivity contribution in [2.24, 2.45) is 5.92 Å². The summed E-state index contributed by atoms with van der Waals surface area (Å²) in [5, 5.41) is 3.63. The lowest BCUT2D eigenvalue weighted by molar-refractivity contribution is -0.126. The van der Waals surface area contributed by atoms with Crippen LogP contribution in [0.15, 0.2) is 42.5 Å². The zero-order chi connectivity index (χ0) is 22.7. The molecule has 2 aromatic carbocycles. The number of hydrogen-bond donors (Lipinski definition) is 1. The fourth-order valence-electron chi connectivity index (χ4n) is 4.02. The Hall–Kier alpha value is -2.29. The third-order valence-electron chi connectivity index (χ3n) is 5.91. The van der Waals surface area contributed by atoms with Gasteiger partial charge in [-0.3, -0.25) is 4.79 Å². The van der Waals surface area contributed by atoms with Gasteiger partial charge in [0.15, 0.2) is 11.5 Å². The van der Waals surface area contributed by atoms with Crippen molar-refractivity contribution in [1.29, 1.82) is 0 Å². The van der Waals surface area contributed by atoms with E-state index < -0.39 is 10.0 Å². The summed E-state index contributed by atoms with van der Waals surface area (Å²) in [7, 11) is -3.44. The number of fused-ring (bicyclic) bond motifs is 1. The first kappa shape index (κ1) is 22.9. The highest BCUT2D eigenvalue weighted by Crippen LogP contribution is 2.33. The van der Waals surface area contributed by atoms with Gasteiger partial charge in [0.25, 0.3) is 0 Å². The lowest BCUT2D eigenvalue weighted by Gasteiger charge is -2.31. The molecule has 0 bridgehead atoms. The monoisotopic (exact) mass is 478 g/mol. The first-order valence-corrected chi connectivity index (χ1v) is 12.7. The molecule has 2 aliphatic rings. The van der Waals surface area contributed by atoms with Crippen LogP contribution in [0.2, 0.25) is 5.02 Å². The molecule has 2 heterocycles. The number of rotatable bonds is 6. The van der Waals surface area contributed by atoms with Crippen LogP contribution in [0, 0.1) is 5.92 Å². The van der Waals surface area contributed by atoms with Crippen molar-refractivity contribution in [3.63, 3.8) is 0 Å². The minimum Gasteiger partial charge on any atom is -0.486 e. The van der Waals surface area contributed by atoms with E-state index in [4.69, 9.17) is 21.1 Å². The summed E-state index contributed by atoms with van der Waals surface area (Å²) in [6.07, 6.45) is 0.999. The van der Waals surface area contributed by atoms with Crippen LogP contribution in [0.5, 0.6) is 11.5 Å². The summed E-state index contributed by atoms with van der Waals surface area (Å²) in [5.41, 5.74) is 1.63. The molecule has 7 nitrogen and oxygen atoms in total. The number of ether oxygens (including phenoxy) is 2. The highest BCUT2D eigenvalue weighted by Gasteiger charge is 2.31. The fourth-order valence-corrected chi connectivity index (χ4v) is 5.71. The van der Waals surface area contributed by atoms with Gasteiger partial charge in [-0.25, -0.2) is 12.7 Å². The Kier molecular flexibility index (Phi) is 6.93. The largest absolute Gasteiger partial charge is 0.486 e. The van der Waals surface area contributed by atoms with Gasteiger partial charge in [0, 0.05) is 24.0 Å². The Morgan fingerprint density at radius 3 is 2.44 bits per heavy atom. The van der Waals surface area contributed by atoms with Gasteiger partial charge in [0.2, 0.25) is 15.9 Å². The van der Waals surface area contributed by atoms with Gasteiger partial charge in [-0.15, -0.1) is 0 Å². The second-order valence-electron chi connectivity index (χ2n) is 8.19. The quantitative estimate of drug-likeness (QED) is 0.686. The highest BCUT2D eigenvalue weighted by atomic mass is 35.5. The first-order chi connectivity index (χ1) is 15.3. The molecule has 0 spiro atoms. The van der Waals surface area contributed by atoms with Gasteiger partial charge in [0.1, 0.15) is 13.2 Å². The number of benzene rings is 2. The van der Waals surface area contributed by atoms with Crippen molar-refractivity contribution in [2.45, 2.75) is 31.6 Å². The van der Waals surface area contributed by atoms with Crippen LogP contribution >= 0.6 is 11.6 Å². The molecule has 1 amide bonds. The number of nitrogens with one attached hydrogen (secondary N) is 1. The number of hydrogen-bond acceptors (Lipinski definition) is 5. The molecular weight excluding hydrogens is 452 g/mol. The Balaban J connectivity index is 1.30. The summed E-state index contributed by atoms with van der Waals surface area (Å²) >= 11 is 5.87. The third-order valence-corrected chi connectivity index (χ3v) is 8.01. The van der Waals surface area contributed by atoms with Crippen molar-refractivity contribution >= 4 is 27.5 Å². The molecular formula is C23H27ClN2O5S. The van der Waals surface area contributed by atoms with Crippen LogP contribution in [0.3, 0.4) is 0 Å². The van der Waals surface area contributed by atoms with Crippen LogP contribution in [0.25, 0.3) is 0 Å². The molecule has 32 heavy (non-hydrogen) atoms. The van der Waals surface area contributed by atoms with E-state index in [0.29, 0.717) is 61.2 Å². The zero-order valence-electron chi connectivity index (χ0n) is 17.9. The molecule has 172 valence electrons. The van der Waals surface area contributed by atoms with E-state index in [0.717, 1.165) is 5.56 Å². The minimum absolute atomic E-state index is 0.0536. The Morgan fingerprint density at radius 2 is 1.75 bits per heavy atom. The minimum atomic E-state index is -3.44. The van der Waals surface area contributed by atoms with E-state index in [1.165, 1.54) is 4.31 Å². The molecule has 1 atom stereocenters. The molecule has 1 saturated heterocycles. The standard InChI is InChI=1S/C23H27ClN2O5S/c1-16(19-4-7-21-22(14-19)31-13-12-30-21)25-23(27)18-8-10-26(11-9-18)32(28,29)15-17-2-5-20(24)6-3-17/h2-7,14,16,18H,8-13,15H2,1H3,(H,25,27). The third kappa shape index (κ3) is 5.36. The predicted molar refractivity (Wildman–Crippen MR) is 122 cm³/mol. The number of sulfonamides is 1. The average Bonchev–Trinajstić information content (AvgIpc) is 2.80. The van der Waals surface area contributed by atoms with Gasteiger partial charge in [-0.05, 0) is 55.2 Å². The van der Waals surface area contributed by atoms with E-state index in [-0.39, 0.29) is 23.6 Å². The van der Waals surface area contributed by atoms with Gasteiger partial charge >= 0.3 is 0 Å². The van der Waals surface area contributed by atoms with Crippen molar-refractivity contribution in [3.05, 3.63) is 58.6 Å². The molecule has 9 heteroatoms. The maximum Gasteiger partial charge on any atom is 0.223 e. The smallest absolute Gasteiger partial charge is 0.223 e. The number of carbonyl (C=O) groups is 1. The molecule has 2 aliphatic heterocycles.